The van der Waals surface area contributed by atoms with Gasteiger partial charge in [-0.15, -0.1) is 0 Å². The van der Waals surface area contributed by atoms with Crippen LogP contribution in [0.15, 0.2) is 42.5 Å². The molecule has 2 unspecified atom stereocenters. The fourth-order valence-corrected chi connectivity index (χ4v) is 4.17. The maximum Gasteiger partial charge on any atom is 0.194 e. The van der Waals surface area contributed by atoms with E-state index in [9.17, 15) is 13.6 Å². The number of Topliss-reactive ketones (excluding diaryl/α,β-unsaturated/α-hetero) is 1. The molecule has 3 rings (SSSR count). The number of ketones is 1. The van der Waals surface area contributed by atoms with E-state index in [4.69, 9.17) is 4.43 Å². The van der Waals surface area contributed by atoms with Crippen LogP contribution < -0.4 is 5.32 Å². The normalized spacial score (nSPS) is 20.2. The molecule has 0 radical (unpaired) electrons. The zero-order chi connectivity index (χ0) is 20.0. The smallest absolute Gasteiger partial charge is 0.194 e. The molecule has 6 heteroatoms. The summed E-state index contributed by atoms with van der Waals surface area (Å²) in [6, 6.07) is 9.54. The van der Waals surface area contributed by atoms with E-state index in [1.807, 2.05) is 0 Å². The van der Waals surface area contributed by atoms with Gasteiger partial charge in [-0.1, -0.05) is 32.9 Å². The molecule has 2 atom stereocenters. The number of halogens is 2. The molecule has 1 aliphatic heterocycles. The number of fused-ring (bicyclic) bond motifs is 1. The van der Waals surface area contributed by atoms with Gasteiger partial charge in [-0.05, 0) is 54.0 Å². The van der Waals surface area contributed by atoms with Gasteiger partial charge >= 0.3 is 0 Å². The van der Waals surface area contributed by atoms with Crippen molar-refractivity contribution in [2.75, 3.05) is 5.32 Å². The first-order valence-corrected chi connectivity index (χ1v) is 11.9. The summed E-state index contributed by atoms with van der Waals surface area (Å²) in [4.78, 5) is 13.2. The Hall–Kier alpha value is -2.05. The SMILES string of the molecule is CC(C)(C)[Si](C)(C)OC1C(=O)c2ccc(F)cc2NC1c1ccc(F)cc1. The summed E-state index contributed by atoms with van der Waals surface area (Å²) in [7, 11) is -2.26. The largest absolute Gasteiger partial charge is 0.404 e. The van der Waals surface area contributed by atoms with Crippen LogP contribution in [0.4, 0.5) is 14.5 Å². The first-order valence-electron chi connectivity index (χ1n) is 9.03. The molecule has 0 saturated carbocycles. The van der Waals surface area contributed by atoms with Gasteiger partial charge in [-0.2, -0.15) is 0 Å². The minimum Gasteiger partial charge on any atom is -0.404 e. The molecule has 0 bridgehead atoms. The molecule has 0 saturated heterocycles. The molecule has 0 spiro atoms. The van der Waals surface area contributed by atoms with E-state index in [-0.39, 0.29) is 16.6 Å². The third-order valence-corrected chi connectivity index (χ3v) is 10.0. The lowest BCUT2D eigenvalue weighted by Gasteiger charge is -2.43. The highest BCUT2D eigenvalue weighted by atomic mass is 28.4. The minimum atomic E-state index is -2.26. The van der Waals surface area contributed by atoms with Gasteiger partial charge < -0.3 is 9.74 Å². The van der Waals surface area contributed by atoms with Crippen LogP contribution in [0.2, 0.25) is 18.1 Å². The molecule has 0 aromatic heterocycles. The predicted octanol–water partition coefficient (Wildman–Crippen LogP) is 5.70. The summed E-state index contributed by atoms with van der Waals surface area (Å²) in [5.74, 6) is -0.951. The maximum atomic E-state index is 13.7. The summed E-state index contributed by atoms with van der Waals surface area (Å²) < 4.78 is 33.6. The Morgan fingerprint density at radius 2 is 1.59 bits per heavy atom. The van der Waals surface area contributed by atoms with Crippen molar-refractivity contribution in [3.63, 3.8) is 0 Å². The summed E-state index contributed by atoms with van der Waals surface area (Å²) in [6.07, 6.45) is -0.755. The van der Waals surface area contributed by atoms with E-state index in [2.05, 4.69) is 39.2 Å². The third-order valence-electron chi connectivity index (χ3n) is 5.58. The molecule has 0 aliphatic carbocycles. The predicted molar refractivity (Wildman–Crippen MR) is 106 cm³/mol. The molecule has 0 fully saturated rings. The Balaban J connectivity index is 2.06. The first-order chi connectivity index (χ1) is 12.5. The van der Waals surface area contributed by atoms with Gasteiger partial charge in [0.2, 0.25) is 0 Å². The first kappa shape index (κ1) is 19.7. The Morgan fingerprint density at radius 3 is 2.19 bits per heavy atom. The van der Waals surface area contributed by atoms with E-state index in [0.717, 1.165) is 5.56 Å². The van der Waals surface area contributed by atoms with Crippen LogP contribution in [0.3, 0.4) is 0 Å². The van der Waals surface area contributed by atoms with Gasteiger partial charge in [0.05, 0.1) is 6.04 Å². The summed E-state index contributed by atoms with van der Waals surface area (Å²) >= 11 is 0. The molecular formula is C21H25F2NO2Si. The van der Waals surface area contributed by atoms with Crippen LogP contribution in [0, 0.1) is 11.6 Å². The fourth-order valence-electron chi connectivity index (χ4n) is 2.94. The van der Waals surface area contributed by atoms with Crippen molar-refractivity contribution in [2.45, 2.75) is 51.0 Å². The van der Waals surface area contributed by atoms with Gasteiger partial charge in [0.15, 0.2) is 14.1 Å². The standard InChI is InChI=1S/C21H25F2NO2Si/c1-21(2,3)27(4,5)26-20-18(13-6-8-14(22)9-7-13)24-17-12-15(23)10-11-16(17)19(20)25/h6-12,18,20,24H,1-5H3. The Labute approximate surface area is 159 Å². The maximum absolute atomic E-state index is 13.7. The lowest BCUT2D eigenvalue weighted by atomic mass is 9.90. The number of carbonyl (C=O) groups is 1. The van der Waals surface area contributed by atoms with Crippen molar-refractivity contribution >= 4 is 19.8 Å². The minimum absolute atomic E-state index is 0.0797. The lowest BCUT2D eigenvalue weighted by molar-refractivity contribution is 0.0718. The summed E-state index contributed by atoms with van der Waals surface area (Å²) in [6.45, 7) is 10.5. The summed E-state index contributed by atoms with van der Waals surface area (Å²) in [5, 5.41) is 3.16. The van der Waals surface area contributed by atoms with Gasteiger partial charge in [-0.3, -0.25) is 4.79 Å². The van der Waals surface area contributed by atoms with Crippen LogP contribution in [0.1, 0.15) is 42.7 Å². The zero-order valence-electron chi connectivity index (χ0n) is 16.3. The van der Waals surface area contributed by atoms with Crippen LogP contribution in [0.5, 0.6) is 0 Å². The van der Waals surface area contributed by atoms with Crippen LogP contribution in [0.25, 0.3) is 0 Å². The Kier molecular flexibility index (Phi) is 4.99. The lowest BCUT2D eigenvalue weighted by Crippen LogP contribution is -2.50. The van der Waals surface area contributed by atoms with Crippen molar-refractivity contribution in [2.24, 2.45) is 0 Å². The average Bonchev–Trinajstić information content (AvgIpc) is 2.57. The molecular weight excluding hydrogens is 364 g/mol. The Bertz CT molecular complexity index is 859. The highest BCUT2D eigenvalue weighted by molar-refractivity contribution is 6.74. The third kappa shape index (κ3) is 3.82. The zero-order valence-corrected chi connectivity index (χ0v) is 17.3. The molecule has 1 aliphatic rings. The van der Waals surface area contributed by atoms with E-state index < -0.39 is 26.3 Å². The number of carbonyl (C=O) groups excluding carboxylic acids is 1. The van der Waals surface area contributed by atoms with Crippen LogP contribution in [-0.4, -0.2) is 20.2 Å². The van der Waals surface area contributed by atoms with E-state index in [1.54, 1.807) is 12.1 Å². The highest BCUT2D eigenvalue weighted by Gasteiger charge is 2.45. The van der Waals surface area contributed by atoms with Gasteiger partial charge in [-0.25, -0.2) is 8.78 Å². The molecule has 3 nitrogen and oxygen atoms in total. The van der Waals surface area contributed by atoms with Crippen molar-refractivity contribution in [1.82, 2.24) is 0 Å². The summed E-state index contributed by atoms with van der Waals surface area (Å²) in [5.41, 5.74) is 1.58. The van der Waals surface area contributed by atoms with Crippen LogP contribution in [-0.2, 0) is 4.43 Å². The van der Waals surface area contributed by atoms with Gasteiger partial charge in [0, 0.05) is 11.3 Å². The Morgan fingerprint density at radius 1 is 1.00 bits per heavy atom. The van der Waals surface area contributed by atoms with Gasteiger partial charge in [0.1, 0.15) is 17.7 Å². The number of rotatable bonds is 3. The second-order valence-corrected chi connectivity index (χ2v) is 13.3. The van der Waals surface area contributed by atoms with Crippen LogP contribution >= 0.6 is 0 Å². The molecule has 144 valence electrons. The number of nitrogens with one attached hydrogen (secondary N) is 1. The quantitative estimate of drug-likeness (QED) is 0.684. The molecule has 0 amide bonds. The highest BCUT2D eigenvalue weighted by Crippen LogP contribution is 2.42. The number of anilines is 1. The van der Waals surface area contributed by atoms with Crippen molar-refractivity contribution in [1.29, 1.82) is 0 Å². The average molecular weight is 390 g/mol. The van der Waals surface area contributed by atoms with E-state index in [1.165, 1.54) is 30.3 Å². The topological polar surface area (TPSA) is 38.3 Å². The van der Waals surface area contributed by atoms with E-state index in [0.29, 0.717) is 11.3 Å². The number of hydrogen-bond acceptors (Lipinski definition) is 3. The molecule has 2 aromatic rings. The molecule has 1 heterocycles. The number of benzene rings is 2. The van der Waals surface area contributed by atoms with Crippen molar-refractivity contribution < 1.29 is 18.0 Å². The number of hydrogen-bond donors (Lipinski definition) is 1. The second-order valence-electron chi connectivity index (χ2n) is 8.53. The monoisotopic (exact) mass is 389 g/mol. The van der Waals surface area contributed by atoms with E-state index >= 15 is 0 Å². The molecule has 2 aromatic carbocycles. The van der Waals surface area contributed by atoms with Crippen molar-refractivity contribution in [3.05, 3.63) is 65.2 Å². The van der Waals surface area contributed by atoms with Gasteiger partial charge in [0.25, 0.3) is 0 Å². The molecule has 1 N–H and O–H groups in total. The second kappa shape index (κ2) is 6.84. The fraction of sp³-hybridized carbons (Fsp3) is 0.381. The van der Waals surface area contributed by atoms with Crippen molar-refractivity contribution in [3.8, 4) is 0 Å². The molecule has 27 heavy (non-hydrogen) atoms.